The normalized spacial score (nSPS) is 15.3. The van der Waals surface area contributed by atoms with Crippen LogP contribution in [0, 0.1) is 0 Å². The summed E-state index contributed by atoms with van der Waals surface area (Å²) >= 11 is 0. The summed E-state index contributed by atoms with van der Waals surface area (Å²) in [5.41, 5.74) is 4.51. The maximum atomic E-state index is 11.3. The van der Waals surface area contributed by atoms with E-state index in [-0.39, 0.29) is 0 Å². The predicted molar refractivity (Wildman–Crippen MR) is 70.4 cm³/mol. The lowest BCUT2D eigenvalue weighted by molar-refractivity contribution is -0.121. The summed E-state index contributed by atoms with van der Waals surface area (Å²) in [5.74, 6) is 2.23. The minimum Gasteiger partial charge on any atom is -0.373 e. The lowest BCUT2D eigenvalue weighted by atomic mass is 10.1. The topological polar surface area (TPSA) is 92.9 Å². The van der Waals surface area contributed by atoms with E-state index < -0.39 is 11.4 Å². The van der Waals surface area contributed by atoms with Crippen LogP contribution in [0.15, 0.2) is 6.07 Å². The summed E-state index contributed by atoms with van der Waals surface area (Å²) < 4.78 is 0. The maximum absolute atomic E-state index is 11.3. The van der Waals surface area contributed by atoms with Crippen molar-refractivity contribution in [3.05, 3.63) is 11.9 Å². The van der Waals surface area contributed by atoms with E-state index >= 15 is 0 Å². The van der Waals surface area contributed by atoms with Crippen LogP contribution in [0.25, 0.3) is 0 Å². The van der Waals surface area contributed by atoms with Gasteiger partial charge in [-0.25, -0.2) is 9.97 Å². The molecule has 0 bridgehead atoms. The van der Waals surface area contributed by atoms with Crippen molar-refractivity contribution in [1.82, 2.24) is 9.97 Å². The number of carbonyl (C=O) groups excluding carboxylic acids is 1. The molecule has 18 heavy (non-hydrogen) atoms. The van der Waals surface area contributed by atoms with Crippen LogP contribution in [-0.4, -0.2) is 28.5 Å². The second-order valence-corrected chi connectivity index (χ2v) is 5.14. The van der Waals surface area contributed by atoms with Crippen molar-refractivity contribution < 1.29 is 4.79 Å². The Bertz CT molecular complexity index is 468. The first-order chi connectivity index (χ1) is 8.42. The van der Waals surface area contributed by atoms with Gasteiger partial charge in [-0.3, -0.25) is 4.79 Å². The Morgan fingerprint density at radius 2 is 2.00 bits per heavy atom. The molecule has 2 rings (SSSR count). The molecule has 1 fully saturated rings. The van der Waals surface area contributed by atoms with Crippen molar-refractivity contribution in [2.75, 3.05) is 17.7 Å². The number of nitrogens with zero attached hydrogens (tertiary/aromatic N) is 2. The quantitative estimate of drug-likeness (QED) is 0.726. The number of hydrogen-bond acceptors (Lipinski definition) is 5. The van der Waals surface area contributed by atoms with E-state index in [0.717, 1.165) is 24.5 Å². The predicted octanol–water partition coefficient (Wildman–Crippen LogP) is 1.07. The minimum atomic E-state index is -0.833. The monoisotopic (exact) mass is 249 g/mol. The standard InChI is InChI=1S/C12H19N5O/c1-12(2,11(13)18)17-9-6-8(14-3)15-10(16-9)7-4-5-7/h6-7H,4-5H2,1-3H3,(H2,13,18)(H2,14,15,16,17). The van der Waals surface area contributed by atoms with Crippen LogP contribution in [0.3, 0.4) is 0 Å². The lowest BCUT2D eigenvalue weighted by Gasteiger charge is -2.23. The van der Waals surface area contributed by atoms with Gasteiger partial charge in [-0.15, -0.1) is 0 Å². The van der Waals surface area contributed by atoms with Crippen molar-refractivity contribution in [2.24, 2.45) is 5.73 Å². The van der Waals surface area contributed by atoms with Gasteiger partial charge in [0.25, 0.3) is 0 Å². The number of nitrogens with two attached hydrogens (primary N) is 1. The number of primary amides is 1. The van der Waals surface area contributed by atoms with Gasteiger partial charge in [-0.1, -0.05) is 0 Å². The Labute approximate surface area is 106 Å². The van der Waals surface area contributed by atoms with Gasteiger partial charge in [0.15, 0.2) is 0 Å². The van der Waals surface area contributed by atoms with Crippen LogP contribution in [0.1, 0.15) is 38.4 Å². The molecule has 1 heterocycles. The molecule has 0 unspecified atom stereocenters. The molecular formula is C12H19N5O. The molecule has 0 aromatic carbocycles. The summed E-state index contributed by atoms with van der Waals surface area (Å²) in [6.45, 7) is 3.46. The number of aromatic nitrogens is 2. The number of amides is 1. The first-order valence-corrected chi connectivity index (χ1v) is 6.07. The number of carbonyl (C=O) groups is 1. The molecule has 1 aliphatic carbocycles. The largest absolute Gasteiger partial charge is 0.373 e. The molecule has 4 N–H and O–H groups in total. The first-order valence-electron chi connectivity index (χ1n) is 6.07. The second kappa shape index (κ2) is 4.44. The molecule has 0 aliphatic heterocycles. The van der Waals surface area contributed by atoms with Gasteiger partial charge in [-0.2, -0.15) is 0 Å². The van der Waals surface area contributed by atoms with E-state index in [1.54, 1.807) is 19.9 Å². The Morgan fingerprint density at radius 1 is 1.39 bits per heavy atom. The van der Waals surface area contributed by atoms with E-state index in [9.17, 15) is 4.79 Å². The van der Waals surface area contributed by atoms with Crippen molar-refractivity contribution in [3.8, 4) is 0 Å². The summed E-state index contributed by atoms with van der Waals surface area (Å²) in [4.78, 5) is 20.2. The highest BCUT2D eigenvalue weighted by atomic mass is 16.1. The number of hydrogen-bond donors (Lipinski definition) is 3. The van der Waals surface area contributed by atoms with Crippen molar-refractivity contribution in [1.29, 1.82) is 0 Å². The van der Waals surface area contributed by atoms with Crippen LogP contribution in [0.5, 0.6) is 0 Å². The third-order valence-corrected chi connectivity index (χ3v) is 3.00. The number of rotatable bonds is 5. The molecule has 1 amide bonds. The minimum absolute atomic E-state index is 0.417. The molecule has 6 heteroatoms. The smallest absolute Gasteiger partial charge is 0.242 e. The highest BCUT2D eigenvalue weighted by Gasteiger charge is 2.29. The lowest BCUT2D eigenvalue weighted by Crippen LogP contribution is -2.45. The van der Waals surface area contributed by atoms with Gasteiger partial charge in [0.05, 0.1) is 0 Å². The summed E-state index contributed by atoms with van der Waals surface area (Å²) in [5, 5.41) is 6.05. The number of nitrogens with one attached hydrogen (secondary N) is 2. The summed E-state index contributed by atoms with van der Waals surface area (Å²) in [6, 6.07) is 1.77. The van der Waals surface area contributed by atoms with Crippen molar-refractivity contribution in [2.45, 2.75) is 38.1 Å². The van der Waals surface area contributed by atoms with Gasteiger partial charge in [0.1, 0.15) is 23.0 Å². The van der Waals surface area contributed by atoms with Crippen molar-refractivity contribution >= 4 is 17.5 Å². The highest BCUT2D eigenvalue weighted by molar-refractivity contribution is 5.86. The summed E-state index contributed by atoms with van der Waals surface area (Å²) in [7, 11) is 1.81. The van der Waals surface area contributed by atoms with Crippen LogP contribution in [0.2, 0.25) is 0 Å². The van der Waals surface area contributed by atoms with Crippen LogP contribution >= 0.6 is 0 Å². The zero-order chi connectivity index (χ0) is 13.3. The Morgan fingerprint density at radius 3 is 2.50 bits per heavy atom. The fourth-order valence-electron chi connectivity index (χ4n) is 1.56. The van der Waals surface area contributed by atoms with Gasteiger partial charge in [0, 0.05) is 19.0 Å². The third-order valence-electron chi connectivity index (χ3n) is 3.00. The molecule has 98 valence electrons. The van der Waals surface area contributed by atoms with E-state index in [1.165, 1.54) is 0 Å². The molecule has 1 aromatic rings. The van der Waals surface area contributed by atoms with E-state index in [1.807, 2.05) is 7.05 Å². The Hall–Kier alpha value is -1.85. The highest BCUT2D eigenvalue weighted by Crippen LogP contribution is 2.38. The van der Waals surface area contributed by atoms with Crippen LogP contribution < -0.4 is 16.4 Å². The molecule has 0 radical (unpaired) electrons. The average Bonchev–Trinajstić information content (AvgIpc) is 3.11. The van der Waals surface area contributed by atoms with E-state index in [2.05, 4.69) is 20.6 Å². The third kappa shape index (κ3) is 2.69. The van der Waals surface area contributed by atoms with Gasteiger partial charge in [0.2, 0.25) is 5.91 Å². The molecule has 6 nitrogen and oxygen atoms in total. The van der Waals surface area contributed by atoms with Gasteiger partial charge < -0.3 is 16.4 Å². The molecule has 1 aliphatic rings. The number of anilines is 2. The Balaban J connectivity index is 2.26. The SMILES string of the molecule is CNc1cc(NC(C)(C)C(N)=O)nc(C2CC2)n1. The molecule has 0 spiro atoms. The molecular weight excluding hydrogens is 230 g/mol. The molecule has 0 atom stereocenters. The van der Waals surface area contributed by atoms with Gasteiger partial charge in [-0.05, 0) is 26.7 Å². The molecule has 1 saturated carbocycles. The maximum Gasteiger partial charge on any atom is 0.242 e. The van der Waals surface area contributed by atoms with E-state index in [0.29, 0.717) is 11.7 Å². The zero-order valence-corrected chi connectivity index (χ0v) is 10.9. The Kier molecular flexibility index (Phi) is 3.11. The molecule has 1 aromatic heterocycles. The summed E-state index contributed by atoms with van der Waals surface area (Å²) in [6.07, 6.45) is 2.26. The van der Waals surface area contributed by atoms with Gasteiger partial charge >= 0.3 is 0 Å². The zero-order valence-electron chi connectivity index (χ0n) is 10.9. The second-order valence-electron chi connectivity index (χ2n) is 5.14. The fraction of sp³-hybridized carbons (Fsp3) is 0.583. The van der Waals surface area contributed by atoms with E-state index in [4.69, 9.17) is 5.73 Å². The molecule has 0 saturated heterocycles. The van der Waals surface area contributed by atoms with Crippen LogP contribution in [0.4, 0.5) is 11.6 Å². The van der Waals surface area contributed by atoms with Crippen molar-refractivity contribution in [3.63, 3.8) is 0 Å². The van der Waals surface area contributed by atoms with Crippen LogP contribution in [-0.2, 0) is 4.79 Å². The fourth-order valence-corrected chi connectivity index (χ4v) is 1.56. The average molecular weight is 249 g/mol. The first kappa shape index (κ1) is 12.6.